The van der Waals surface area contributed by atoms with Crippen LogP contribution >= 0.6 is 11.6 Å². The number of methoxy groups -OCH3 is 1. The van der Waals surface area contributed by atoms with Gasteiger partial charge in [-0.15, -0.1) is 10.2 Å². The number of hydrogen-bond acceptors (Lipinski definition) is 9. The first kappa shape index (κ1) is 22.1. The lowest BCUT2D eigenvalue weighted by atomic mass is 10.1. The third-order valence-electron chi connectivity index (χ3n) is 5.95. The first-order chi connectivity index (χ1) is 16.5. The number of rotatable bonds is 6. The Kier molecular flexibility index (Phi) is 6.06. The molecule has 0 amide bonds. The van der Waals surface area contributed by atoms with E-state index >= 15 is 0 Å². The van der Waals surface area contributed by atoms with Gasteiger partial charge in [0.25, 0.3) is 0 Å². The zero-order chi connectivity index (χ0) is 23.7. The molecule has 5 rings (SSSR count). The second-order valence-corrected chi connectivity index (χ2v) is 8.58. The number of carbonyl (C=O) groups is 1. The summed E-state index contributed by atoms with van der Waals surface area (Å²) in [7, 11) is 1.59. The number of ether oxygens (including phenoxy) is 2. The molecule has 2 N–H and O–H groups in total. The summed E-state index contributed by atoms with van der Waals surface area (Å²) in [6.07, 6.45) is 4.96. The van der Waals surface area contributed by atoms with E-state index in [1.807, 2.05) is 18.2 Å². The molecule has 4 heterocycles. The van der Waals surface area contributed by atoms with Crippen LogP contribution in [0, 0.1) is 0 Å². The summed E-state index contributed by atoms with van der Waals surface area (Å²) in [4.78, 5) is 18.0. The molecule has 0 radical (unpaired) electrons. The number of H-pyrrole nitrogens is 1. The van der Waals surface area contributed by atoms with Crippen molar-refractivity contribution in [1.82, 2.24) is 25.4 Å². The fourth-order valence-corrected chi connectivity index (χ4v) is 4.59. The fraction of sp³-hybridized carbons (Fsp3) is 0.348. The van der Waals surface area contributed by atoms with Gasteiger partial charge in [0.05, 0.1) is 23.7 Å². The second kappa shape index (κ2) is 9.30. The molecule has 0 saturated carbocycles. The van der Waals surface area contributed by atoms with Crippen LogP contribution in [-0.2, 0) is 16.1 Å². The van der Waals surface area contributed by atoms with Gasteiger partial charge in [-0.05, 0) is 17.7 Å². The van der Waals surface area contributed by atoms with Gasteiger partial charge < -0.3 is 19.7 Å². The van der Waals surface area contributed by atoms with Crippen LogP contribution in [0.5, 0.6) is 5.75 Å². The van der Waals surface area contributed by atoms with E-state index in [1.165, 1.54) is 6.92 Å². The summed E-state index contributed by atoms with van der Waals surface area (Å²) < 4.78 is 10.6. The third kappa shape index (κ3) is 4.28. The monoisotopic (exact) mass is 481 g/mol. The van der Waals surface area contributed by atoms with Gasteiger partial charge in [-0.25, -0.2) is 4.98 Å². The molecule has 0 unspecified atom stereocenters. The van der Waals surface area contributed by atoms with Gasteiger partial charge in [0.15, 0.2) is 17.3 Å². The van der Waals surface area contributed by atoms with E-state index in [9.17, 15) is 4.79 Å². The number of nitrogens with one attached hydrogen (secondary N) is 2. The second-order valence-electron chi connectivity index (χ2n) is 8.17. The van der Waals surface area contributed by atoms with E-state index in [0.29, 0.717) is 41.9 Å². The van der Waals surface area contributed by atoms with E-state index < -0.39 is 0 Å². The van der Waals surface area contributed by atoms with Crippen molar-refractivity contribution >= 4 is 51.0 Å². The number of carbonyl (C=O) groups excluding carboxylic acids is 1. The summed E-state index contributed by atoms with van der Waals surface area (Å²) >= 11 is 6.28. The average molecular weight is 482 g/mol. The van der Waals surface area contributed by atoms with Crippen LogP contribution in [0.25, 0.3) is 21.8 Å². The Morgan fingerprint density at radius 3 is 2.79 bits per heavy atom. The molecule has 1 saturated heterocycles. The molecule has 1 aromatic carbocycles. The number of esters is 1. The number of pyridine rings is 1. The predicted octanol–water partition coefficient (Wildman–Crippen LogP) is 3.71. The minimum absolute atomic E-state index is 0.0658. The number of piperidine rings is 1. The molecule has 34 heavy (non-hydrogen) atoms. The molecule has 1 fully saturated rings. The maximum atomic E-state index is 11.3. The minimum Gasteiger partial charge on any atom is -0.495 e. The maximum absolute atomic E-state index is 11.3. The summed E-state index contributed by atoms with van der Waals surface area (Å²) in [6.45, 7) is 3.37. The number of hydrogen-bond donors (Lipinski definition) is 2. The fourth-order valence-electron chi connectivity index (χ4n) is 4.31. The van der Waals surface area contributed by atoms with Crippen molar-refractivity contribution in [3.8, 4) is 5.75 Å². The van der Waals surface area contributed by atoms with Crippen LogP contribution in [0.3, 0.4) is 0 Å². The number of nitrogens with zero attached hydrogens (tertiary/aromatic N) is 5. The van der Waals surface area contributed by atoms with Gasteiger partial charge >= 0.3 is 5.97 Å². The van der Waals surface area contributed by atoms with Crippen LogP contribution in [0.15, 0.2) is 30.6 Å². The number of aromatic nitrogens is 5. The molecule has 10 nitrogen and oxygen atoms in total. The van der Waals surface area contributed by atoms with Gasteiger partial charge in [-0.3, -0.25) is 9.89 Å². The first-order valence-electron chi connectivity index (χ1n) is 11.0. The van der Waals surface area contributed by atoms with Gasteiger partial charge in [-0.2, -0.15) is 5.10 Å². The Hall–Kier alpha value is -3.66. The van der Waals surface area contributed by atoms with Crippen LogP contribution in [0.1, 0.15) is 25.3 Å². The smallest absolute Gasteiger partial charge is 0.302 e. The van der Waals surface area contributed by atoms with Crippen molar-refractivity contribution in [1.29, 1.82) is 0 Å². The maximum Gasteiger partial charge on any atom is 0.302 e. The topological polar surface area (TPSA) is 118 Å². The molecule has 176 valence electrons. The van der Waals surface area contributed by atoms with E-state index in [1.54, 1.807) is 19.5 Å². The lowest BCUT2D eigenvalue weighted by Gasteiger charge is -2.32. The van der Waals surface area contributed by atoms with E-state index in [0.717, 1.165) is 40.4 Å². The van der Waals surface area contributed by atoms with Crippen molar-refractivity contribution in [3.05, 3.63) is 41.2 Å². The van der Waals surface area contributed by atoms with E-state index in [-0.39, 0.29) is 12.1 Å². The highest BCUT2D eigenvalue weighted by Crippen LogP contribution is 2.34. The Morgan fingerprint density at radius 2 is 2.06 bits per heavy atom. The molecular formula is C23H24ClN7O3. The quantitative estimate of drug-likeness (QED) is 0.397. The highest BCUT2D eigenvalue weighted by Gasteiger charge is 2.25. The van der Waals surface area contributed by atoms with Crippen molar-refractivity contribution in [3.63, 3.8) is 0 Å². The summed E-state index contributed by atoms with van der Waals surface area (Å²) in [6, 6.07) is 5.65. The highest BCUT2D eigenvalue weighted by atomic mass is 35.5. The van der Waals surface area contributed by atoms with E-state index in [2.05, 4.69) is 35.6 Å². The molecule has 0 aliphatic carbocycles. The Labute approximate surface area is 200 Å². The Bertz CT molecular complexity index is 1350. The summed E-state index contributed by atoms with van der Waals surface area (Å²) in [5.74, 6) is 1.77. The number of anilines is 2. The van der Waals surface area contributed by atoms with Crippen LogP contribution < -0.4 is 15.0 Å². The van der Waals surface area contributed by atoms with Gasteiger partial charge in [0, 0.05) is 56.4 Å². The number of halogens is 1. The van der Waals surface area contributed by atoms with Crippen LogP contribution in [0.2, 0.25) is 5.02 Å². The molecule has 1 aliphatic heterocycles. The molecule has 11 heteroatoms. The summed E-state index contributed by atoms with van der Waals surface area (Å²) in [5.41, 5.74) is 1.66. The molecule has 1 aliphatic rings. The van der Waals surface area contributed by atoms with Crippen molar-refractivity contribution in [2.24, 2.45) is 0 Å². The van der Waals surface area contributed by atoms with E-state index in [4.69, 9.17) is 21.1 Å². The van der Waals surface area contributed by atoms with Crippen molar-refractivity contribution < 1.29 is 14.3 Å². The normalized spacial score (nSPS) is 14.5. The Morgan fingerprint density at radius 1 is 1.24 bits per heavy atom. The lowest BCUT2D eigenvalue weighted by Crippen LogP contribution is -2.38. The highest BCUT2D eigenvalue weighted by molar-refractivity contribution is 6.32. The SMILES string of the molecule is COc1ccc(CNc2nnc(N3CCC(OC(C)=O)CC3)c3cnc4[nH]ncc4c23)cc1Cl. The zero-order valence-corrected chi connectivity index (χ0v) is 19.6. The van der Waals surface area contributed by atoms with Gasteiger partial charge in [-0.1, -0.05) is 17.7 Å². The largest absolute Gasteiger partial charge is 0.495 e. The van der Waals surface area contributed by atoms with Crippen LogP contribution in [-0.4, -0.2) is 57.7 Å². The van der Waals surface area contributed by atoms with Gasteiger partial charge in [0.2, 0.25) is 0 Å². The van der Waals surface area contributed by atoms with Crippen molar-refractivity contribution in [2.75, 3.05) is 30.4 Å². The number of aromatic amines is 1. The minimum atomic E-state index is -0.246. The summed E-state index contributed by atoms with van der Waals surface area (Å²) in [5, 5.41) is 22.8. The molecule has 3 aromatic heterocycles. The first-order valence-corrected chi connectivity index (χ1v) is 11.4. The van der Waals surface area contributed by atoms with Gasteiger partial charge in [0.1, 0.15) is 11.9 Å². The zero-order valence-electron chi connectivity index (χ0n) is 18.8. The third-order valence-corrected chi connectivity index (χ3v) is 6.25. The molecule has 0 atom stereocenters. The van der Waals surface area contributed by atoms with Crippen LogP contribution in [0.4, 0.5) is 11.6 Å². The average Bonchev–Trinajstić information content (AvgIpc) is 3.32. The lowest BCUT2D eigenvalue weighted by molar-refractivity contribution is -0.147. The number of fused-ring (bicyclic) bond motifs is 3. The molecule has 4 aromatic rings. The standard InChI is InChI=1S/C23H24ClN7O3/c1-13(32)34-15-5-7-31(8-6-15)23-17-11-26-21-16(12-27-28-21)20(17)22(29-30-23)25-10-14-3-4-19(33-2)18(24)9-14/h3-4,9,11-12,15H,5-8,10H2,1-2H3,(H,25,29)(H,26,27,28). The van der Waals surface area contributed by atoms with Crippen molar-refractivity contribution in [2.45, 2.75) is 32.4 Å². The molecule has 0 bridgehead atoms. The molecule has 0 spiro atoms. The molecular weight excluding hydrogens is 458 g/mol. The Balaban J connectivity index is 1.46. The predicted molar refractivity (Wildman–Crippen MR) is 129 cm³/mol. The number of benzene rings is 1.